The minimum Gasteiger partial charge on any atom is -0.0610 e. The fourth-order valence-electron chi connectivity index (χ4n) is 6.65. The summed E-state index contributed by atoms with van der Waals surface area (Å²) in [4.78, 5) is 2.60. The molecule has 0 fully saturated rings. The zero-order valence-electron chi connectivity index (χ0n) is 28.2. The predicted molar refractivity (Wildman–Crippen MR) is 204 cm³/mol. The Morgan fingerprint density at radius 3 is 0.739 bits per heavy atom. The van der Waals surface area contributed by atoms with Crippen LogP contribution in [0.4, 0.5) is 0 Å². The molecule has 0 atom stereocenters. The number of rotatable bonds is 7. The van der Waals surface area contributed by atoms with Gasteiger partial charge >= 0.3 is 0 Å². The van der Waals surface area contributed by atoms with Crippen molar-refractivity contribution in [3.63, 3.8) is 0 Å². The van der Waals surface area contributed by atoms with Crippen LogP contribution in [-0.2, 0) is 0 Å². The lowest BCUT2D eigenvalue weighted by atomic mass is 9.93. The molecular formula is C44H42S2. The molecule has 0 saturated carbocycles. The van der Waals surface area contributed by atoms with Crippen LogP contribution < -0.4 is 0 Å². The molecule has 6 aromatic carbocycles. The van der Waals surface area contributed by atoms with Gasteiger partial charge in [0.25, 0.3) is 0 Å². The summed E-state index contributed by atoms with van der Waals surface area (Å²) >= 11 is 0. The summed E-state index contributed by atoms with van der Waals surface area (Å²) in [5, 5.41) is 0. The van der Waals surface area contributed by atoms with Crippen molar-refractivity contribution in [1.29, 1.82) is 0 Å². The maximum atomic E-state index is 2.30. The van der Waals surface area contributed by atoms with Gasteiger partial charge in [0.1, 0.15) is 0 Å². The fourth-order valence-corrected chi connectivity index (χ4v) is 9.46. The Kier molecular flexibility index (Phi) is 9.32. The van der Waals surface area contributed by atoms with Gasteiger partial charge in [0, 0.05) is 9.79 Å². The average Bonchev–Trinajstić information content (AvgIpc) is 3.00. The Morgan fingerprint density at radius 1 is 0.283 bits per heavy atom. The Hall–Kier alpha value is -3.98. The van der Waals surface area contributed by atoms with E-state index >= 15 is 0 Å². The largest absolute Gasteiger partial charge is 0.0610 e. The summed E-state index contributed by atoms with van der Waals surface area (Å²) in [6.07, 6.45) is 0. The van der Waals surface area contributed by atoms with Gasteiger partial charge in [-0.1, -0.05) is 153 Å². The summed E-state index contributed by atoms with van der Waals surface area (Å²) < 4.78 is 0. The van der Waals surface area contributed by atoms with Crippen LogP contribution in [0.25, 0.3) is 44.5 Å². The van der Waals surface area contributed by atoms with Crippen molar-refractivity contribution in [3.05, 3.63) is 154 Å². The predicted octanol–water partition coefficient (Wildman–Crippen LogP) is 13.6. The second kappa shape index (κ2) is 13.4. The van der Waals surface area contributed by atoms with E-state index in [-0.39, 0.29) is 0 Å². The van der Waals surface area contributed by atoms with Crippen LogP contribution in [0.2, 0.25) is 0 Å². The van der Waals surface area contributed by atoms with Crippen LogP contribution in [0.5, 0.6) is 0 Å². The van der Waals surface area contributed by atoms with Gasteiger partial charge in [-0.15, -0.1) is 0 Å². The first-order valence-electron chi connectivity index (χ1n) is 16.0. The first-order chi connectivity index (χ1) is 22.1. The molecule has 0 aliphatic carbocycles. The van der Waals surface area contributed by atoms with Crippen LogP contribution in [0, 0.1) is 55.4 Å². The number of benzene rings is 6. The van der Waals surface area contributed by atoms with Crippen molar-refractivity contribution in [1.82, 2.24) is 0 Å². The van der Waals surface area contributed by atoms with Crippen LogP contribution >= 0.6 is 21.6 Å². The summed E-state index contributed by atoms with van der Waals surface area (Å²) in [5.74, 6) is 0. The summed E-state index contributed by atoms with van der Waals surface area (Å²) in [5.41, 5.74) is 20.6. The molecule has 0 nitrogen and oxygen atoms in total. The van der Waals surface area contributed by atoms with Crippen LogP contribution in [0.15, 0.2) is 119 Å². The Balaban J connectivity index is 1.57. The zero-order chi connectivity index (χ0) is 32.5. The first-order valence-corrected chi connectivity index (χ1v) is 18.2. The first kappa shape index (κ1) is 32.0. The second-order valence-electron chi connectivity index (χ2n) is 12.8. The Labute approximate surface area is 283 Å². The molecule has 0 radical (unpaired) electrons. The van der Waals surface area contributed by atoms with Crippen molar-refractivity contribution in [2.75, 3.05) is 0 Å². The van der Waals surface area contributed by atoms with E-state index in [2.05, 4.69) is 165 Å². The van der Waals surface area contributed by atoms with Gasteiger partial charge in [0.15, 0.2) is 0 Å². The quantitative estimate of drug-likeness (QED) is 0.160. The lowest BCUT2D eigenvalue weighted by Crippen LogP contribution is -1.94. The highest BCUT2D eigenvalue weighted by Crippen LogP contribution is 2.52. The highest BCUT2D eigenvalue weighted by Gasteiger charge is 2.20. The van der Waals surface area contributed by atoms with Gasteiger partial charge in [-0.3, -0.25) is 0 Å². The fraction of sp³-hybridized carbons (Fsp3) is 0.182. The molecule has 46 heavy (non-hydrogen) atoms. The maximum Gasteiger partial charge on any atom is 0.0343 e. The van der Waals surface area contributed by atoms with Crippen LogP contribution in [-0.4, -0.2) is 0 Å². The highest BCUT2D eigenvalue weighted by atomic mass is 33.1. The lowest BCUT2D eigenvalue weighted by Gasteiger charge is -2.21. The molecular weight excluding hydrogens is 593 g/mol. The van der Waals surface area contributed by atoms with Gasteiger partial charge in [0.2, 0.25) is 0 Å². The molecule has 6 aromatic rings. The van der Waals surface area contributed by atoms with Gasteiger partial charge in [-0.05, 0) is 122 Å². The third-order valence-corrected chi connectivity index (χ3v) is 11.5. The minimum atomic E-state index is 1.28. The van der Waals surface area contributed by atoms with Crippen molar-refractivity contribution in [2.24, 2.45) is 0 Å². The third-order valence-electron chi connectivity index (χ3n) is 8.93. The summed E-state index contributed by atoms with van der Waals surface area (Å²) in [6, 6.07) is 41.0. The van der Waals surface area contributed by atoms with Crippen molar-refractivity contribution >= 4 is 21.6 Å². The maximum absolute atomic E-state index is 2.30. The average molecular weight is 635 g/mol. The molecule has 6 rings (SSSR count). The number of hydrogen-bond donors (Lipinski definition) is 0. The SMILES string of the molecule is Cc1ccc(-c2cccc(-c3ccc(C)cc3C)c2SSc2c(-c3ccc(C)cc3C)cccc2-c2ccc(C)cc2C)c(C)c1. The molecule has 0 aliphatic rings. The van der Waals surface area contributed by atoms with E-state index in [1.807, 2.05) is 21.6 Å². The standard InChI is InChI=1S/C44H42S2/c1-27-15-19-35(31(5)23-27)39-11-9-12-40(36-20-16-28(2)24-32(36)6)43(39)45-46-44-41(37-21-17-29(3)25-33(37)7)13-10-14-42(44)38-22-18-30(4)26-34(38)8/h9-26H,1-8H3. The monoisotopic (exact) mass is 634 g/mol. The smallest absolute Gasteiger partial charge is 0.0343 e. The van der Waals surface area contributed by atoms with E-state index in [0.717, 1.165) is 0 Å². The second-order valence-corrected chi connectivity index (χ2v) is 15.0. The van der Waals surface area contributed by atoms with Crippen molar-refractivity contribution < 1.29 is 0 Å². The molecule has 0 aromatic heterocycles. The van der Waals surface area contributed by atoms with Gasteiger partial charge < -0.3 is 0 Å². The molecule has 0 saturated heterocycles. The normalized spacial score (nSPS) is 11.2. The van der Waals surface area contributed by atoms with E-state index in [1.165, 1.54) is 98.8 Å². The molecule has 2 heteroatoms. The van der Waals surface area contributed by atoms with Crippen molar-refractivity contribution in [2.45, 2.75) is 65.2 Å². The topological polar surface area (TPSA) is 0 Å². The molecule has 0 spiro atoms. The zero-order valence-corrected chi connectivity index (χ0v) is 29.8. The van der Waals surface area contributed by atoms with E-state index in [0.29, 0.717) is 0 Å². The van der Waals surface area contributed by atoms with E-state index in [9.17, 15) is 0 Å². The molecule has 0 bridgehead atoms. The molecule has 0 aliphatic heterocycles. The summed E-state index contributed by atoms with van der Waals surface area (Å²) in [6.45, 7) is 17.6. The Bertz CT molecular complexity index is 1790. The molecule has 0 N–H and O–H groups in total. The molecule has 0 unspecified atom stereocenters. The minimum absolute atomic E-state index is 1.28. The van der Waals surface area contributed by atoms with E-state index < -0.39 is 0 Å². The van der Waals surface area contributed by atoms with E-state index in [1.54, 1.807) is 0 Å². The third kappa shape index (κ3) is 6.47. The number of aryl methyl sites for hydroxylation is 8. The van der Waals surface area contributed by atoms with Gasteiger partial charge in [0.05, 0.1) is 0 Å². The van der Waals surface area contributed by atoms with Crippen LogP contribution in [0.1, 0.15) is 44.5 Å². The van der Waals surface area contributed by atoms with E-state index in [4.69, 9.17) is 0 Å². The molecule has 0 amide bonds. The summed E-state index contributed by atoms with van der Waals surface area (Å²) in [7, 11) is 3.79. The van der Waals surface area contributed by atoms with Crippen molar-refractivity contribution in [3.8, 4) is 44.5 Å². The highest BCUT2D eigenvalue weighted by molar-refractivity contribution is 8.76. The Morgan fingerprint density at radius 2 is 0.522 bits per heavy atom. The van der Waals surface area contributed by atoms with Crippen LogP contribution in [0.3, 0.4) is 0 Å². The number of hydrogen-bond acceptors (Lipinski definition) is 2. The van der Waals surface area contributed by atoms with Gasteiger partial charge in [-0.25, -0.2) is 0 Å². The molecule has 0 heterocycles. The molecule has 230 valence electrons. The lowest BCUT2D eigenvalue weighted by molar-refractivity contribution is 1.33. The van der Waals surface area contributed by atoms with Gasteiger partial charge in [-0.2, -0.15) is 0 Å².